The highest BCUT2D eigenvalue weighted by molar-refractivity contribution is 7.93. The number of anilines is 1. The molecule has 31 heavy (non-hydrogen) atoms. The van der Waals surface area contributed by atoms with Crippen LogP contribution in [0.1, 0.15) is 0 Å². The summed E-state index contributed by atoms with van der Waals surface area (Å²) in [7, 11) is -10.8. The van der Waals surface area contributed by atoms with Crippen molar-refractivity contribution in [2.75, 3.05) is 19.0 Å². The van der Waals surface area contributed by atoms with Gasteiger partial charge in [-0.3, -0.25) is 4.98 Å². The van der Waals surface area contributed by atoms with Crippen LogP contribution >= 0.6 is 0 Å². The van der Waals surface area contributed by atoms with E-state index in [0.29, 0.717) is 0 Å². The standard InChI is InChI=1S/C15H10F8N2O4S2/c1-25(2)7-3-4-24-9(5-7)8-6-10(30(26,27)14(18,19)20)12(17)13(11(8)16)31(28,29)15(21,22)23/h3-6H,1-2H3. The fourth-order valence-electron chi connectivity index (χ4n) is 2.29. The second kappa shape index (κ2) is 7.58. The van der Waals surface area contributed by atoms with Gasteiger partial charge in [0.25, 0.3) is 19.7 Å². The van der Waals surface area contributed by atoms with E-state index < -0.39 is 63.4 Å². The van der Waals surface area contributed by atoms with Crippen molar-refractivity contribution in [1.82, 2.24) is 4.98 Å². The Bertz CT molecular complexity index is 1240. The van der Waals surface area contributed by atoms with Crippen LogP contribution < -0.4 is 4.90 Å². The average Bonchev–Trinajstić information content (AvgIpc) is 2.59. The minimum Gasteiger partial charge on any atom is -0.378 e. The number of benzene rings is 1. The van der Waals surface area contributed by atoms with E-state index in [1.54, 1.807) is 0 Å². The number of rotatable bonds is 4. The monoisotopic (exact) mass is 498 g/mol. The van der Waals surface area contributed by atoms with E-state index in [1.165, 1.54) is 25.1 Å². The van der Waals surface area contributed by atoms with E-state index in [-0.39, 0.29) is 11.8 Å². The van der Waals surface area contributed by atoms with Gasteiger partial charge >= 0.3 is 11.0 Å². The molecule has 0 aliphatic rings. The predicted octanol–water partition coefficient (Wildman–Crippen LogP) is 3.68. The van der Waals surface area contributed by atoms with Gasteiger partial charge < -0.3 is 4.90 Å². The number of aromatic nitrogens is 1. The molecule has 6 nitrogen and oxygen atoms in total. The van der Waals surface area contributed by atoms with Crippen molar-refractivity contribution < 1.29 is 52.0 Å². The molecule has 2 rings (SSSR count). The highest BCUT2D eigenvalue weighted by atomic mass is 32.2. The number of alkyl halides is 6. The van der Waals surface area contributed by atoms with Gasteiger partial charge in [-0.15, -0.1) is 0 Å². The van der Waals surface area contributed by atoms with E-state index in [2.05, 4.69) is 4.98 Å². The molecule has 0 radical (unpaired) electrons. The van der Waals surface area contributed by atoms with Gasteiger partial charge in [-0.1, -0.05) is 0 Å². The van der Waals surface area contributed by atoms with Crippen LogP contribution in [-0.2, 0) is 19.7 Å². The fraction of sp³-hybridized carbons (Fsp3) is 0.267. The van der Waals surface area contributed by atoms with Crippen LogP contribution in [0.25, 0.3) is 11.3 Å². The summed E-state index contributed by atoms with van der Waals surface area (Å²) >= 11 is 0. The fourth-order valence-corrected chi connectivity index (χ4v) is 4.14. The number of pyridine rings is 1. The lowest BCUT2D eigenvalue weighted by Gasteiger charge is -2.17. The van der Waals surface area contributed by atoms with Gasteiger partial charge in [0.15, 0.2) is 11.6 Å². The van der Waals surface area contributed by atoms with Crippen LogP contribution in [0.3, 0.4) is 0 Å². The van der Waals surface area contributed by atoms with E-state index in [4.69, 9.17) is 0 Å². The van der Waals surface area contributed by atoms with E-state index in [9.17, 15) is 52.0 Å². The number of nitrogens with zero attached hydrogens (tertiary/aromatic N) is 2. The van der Waals surface area contributed by atoms with Gasteiger partial charge in [-0.25, -0.2) is 25.6 Å². The lowest BCUT2D eigenvalue weighted by atomic mass is 10.1. The first-order chi connectivity index (χ1) is 13.8. The predicted molar refractivity (Wildman–Crippen MR) is 90.4 cm³/mol. The quantitative estimate of drug-likeness (QED) is 0.473. The molecule has 0 bridgehead atoms. The molecule has 0 atom stereocenters. The number of halogens is 8. The third-order valence-electron chi connectivity index (χ3n) is 3.83. The first-order valence-corrected chi connectivity index (χ1v) is 10.6. The number of hydrogen-bond donors (Lipinski definition) is 0. The van der Waals surface area contributed by atoms with Gasteiger partial charge in [0, 0.05) is 31.5 Å². The van der Waals surface area contributed by atoms with Crippen molar-refractivity contribution in [3.63, 3.8) is 0 Å². The van der Waals surface area contributed by atoms with Gasteiger partial charge in [-0.05, 0) is 18.2 Å². The molecule has 0 fully saturated rings. The summed E-state index contributed by atoms with van der Waals surface area (Å²) in [6, 6.07) is 1.93. The Labute approximate surface area is 170 Å². The molecule has 0 unspecified atom stereocenters. The van der Waals surface area contributed by atoms with E-state index in [0.717, 1.165) is 12.3 Å². The first-order valence-electron chi connectivity index (χ1n) is 7.62. The summed E-state index contributed by atoms with van der Waals surface area (Å²) in [6.45, 7) is 0. The van der Waals surface area contributed by atoms with Crippen LogP contribution in [-0.4, -0.2) is 46.9 Å². The smallest absolute Gasteiger partial charge is 0.378 e. The van der Waals surface area contributed by atoms with Crippen molar-refractivity contribution in [2.24, 2.45) is 0 Å². The third-order valence-corrected chi connectivity index (χ3v) is 6.82. The average molecular weight is 498 g/mol. The maximum absolute atomic E-state index is 14.8. The van der Waals surface area contributed by atoms with Crippen LogP contribution in [0, 0.1) is 11.6 Å². The molecular formula is C15H10F8N2O4S2. The van der Waals surface area contributed by atoms with Crippen molar-refractivity contribution in [3.8, 4) is 11.3 Å². The summed E-state index contributed by atoms with van der Waals surface area (Å²) in [5, 5.41) is 0. The lowest BCUT2D eigenvalue weighted by molar-refractivity contribution is -0.0440. The maximum Gasteiger partial charge on any atom is 0.502 e. The summed E-state index contributed by atoms with van der Waals surface area (Å²) in [6.07, 6.45) is 0.934. The van der Waals surface area contributed by atoms with Crippen molar-refractivity contribution in [1.29, 1.82) is 0 Å². The van der Waals surface area contributed by atoms with Gasteiger partial charge in [-0.2, -0.15) is 26.3 Å². The van der Waals surface area contributed by atoms with Crippen LogP contribution in [0.2, 0.25) is 0 Å². The molecule has 0 N–H and O–H groups in total. The topological polar surface area (TPSA) is 84.4 Å². The number of sulfone groups is 2. The maximum atomic E-state index is 14.8. The second-order valence-corrected chi connectivity index (χ2v) is 9.86. The molecule has 1 heterocycles. The minimum absolute atomic E-state index is 0.175. The highest BCUT2D eigenvalue weighted by Crippen LogP contribution is 2.42. The zero-order chi connectivity index (χ0) is 24.2. The highest BCUT2D eigenvalue weighted by Gasteiger charge is 2.54. The first kappa shape index (κ1) is 24.8. The molecule has 0 amide bonds. The Hall–Kier alpha value is -2.49. The van der Waals surface area contributed by atoms with Crippen molar-refractivity contribution in [3.05, 3.63) is 36.0 Å². The third kappa shape index (κ3) is 4.17. The molecule has 16 heteroatoms. The summed E-state index contributed by atoms with van der Waals surface area (Å²) < 4.78 is 154. The Morgan fingerprint density at radius 2 is 1.35 bits per heavy atom. The Morgan fingerprint density at radius 3 is 1.81 bits per heavy atom. The Kier molecular flexibility index (Phi) is 6.06. The lowest BCUT2D eigenvalue weighted by Crippen LogP contribution is -2.29. The normalized spacial score (nSPS) is 13.4. The molecule has 0 aliphatic carbocycles. The number of hydrogen-bond acceptors (Lipinski definition) is 6. The molecule has 0 spiro atoms. The van der Waals surface area contributed by atoms with E-state index in [1.807, 2.05) is 0 Å². The van der Waals surface area contributed by atoms with Crippen LogP contribution in [0.5, 0.6) is 0 Å². The summed E-state index contributed by atoms with van der Waals surface area (Å²) in [4.78, 5) is -0.528. The van der Waals surface area contributed by atoms with Gasteiger partial charge in [0.2, 0.25) is 0 Å². The van der Waals surface area contributed by atoms with Gasteiger partial charge in [0.1, 0.15) is 9.79 Å². The summed E-state index contributed by atoms with van der Waals surface area (Å²) in [5.41, 5.74) is -14.6. The molecule has 0 saturated heterocycles. The molecule has 2 aromatic rings. The summed E-state index contributed by atoms with van der Waals surface area (Å²) in [5.74, 6) is -5.51. The zero-order valence-corrected chi connectivity index (χ0v) is 16.8. The Balaban J connectivity index is 3.09. The molecule has 1 aromatic carbocycles. The second-order valence-electron chi connectivity index (χ2n) is 6.07. The Morgan fingerprint density at radius 1 is 0.839 bits per heavy atom. The van der Waals surface area contributed by atoms with Crippen LogP contribution in [0.4, 0.5) is 40.8 Å². The van der Waals surface area contributed by atoms with Gasteiger partial charge in [0.05, 0.1) is 5.69 Å². The van der Waals surface area contributed by atoms with Crippen molar-refractivity contribution in [2.45, 2.75) is 20.8 Å². The molecular weight excluding hydrogens is 488 g/mol. The van der Waals surface area contributed by atoms with E-state index >= 15 is 0 Å². The molecule has 1 aromatic heterocycles. The molecule has 0 saturated carbocycles. The largest absolute Gasteiger partial charge is 0.502 e. The minimum atomic E-state index is -6.94. The molecule has 0 aliphatic heterocycles. The van der Waals surface area contributed by atoms with Crippen molar-refractivity contribution >= 4 is 25.4 Å². The SMILES string of the molecule is CN(C)c1ccnc(-c2cc(S(=O)(=O)C(F)(F)F)c(F)c(S(=O)(=O)C(F)(F)F)c2F)c1. The van der Waals surface area contributed by atoms with Crippen LogP contribution in [0.15, 0.2) is 34.2 Å². The molecule has 172 valence electrons. The zero-order valence-electron chi connectivity index (χ0n) is 15.2.